The minimum Gasteiger partial charge on any atom is -0.271 e. The molecule has 1 aromatic rings. The van der Waals surface area contributed by atoms with Gasteiger partial charge in [-0.05, 0) is 56.6 Å². The number of rotatable bonds is 4. The number of allylic oxidation sites excluding steroid dienone is 2. The molecule has 0 saturated heterocycles. The van der Waals surface area contributed by atoms with Crippen molar-refractivity contribution in [3.05, 3.63) is 52.0 Å². The van der Waals surface area contributed by atoms with Crippen LogP contribution in [0.3, 0.4) is 0 Å². The molecule has 2 nitrogen and oxygen atoms in total. The Balaban J connectivity index is 2.16. The maximum atomic E-state index is 14.4. The van der Waals surface area contributed by atoms with Crippen molar-refractivity contribution in [1.82, 2.24) is 0 Å². The number of amides is 1. The zero-order chi connectivity index (χ0) is 18.1. The molecule has 0 N–H and O–H groups in total. The van der Waals surface area contributed by atoms with Gasteiger partial charge in [0.25, 0.3) is 5.91 Å². The average molecular weight is 349 g/mol. The first-order valence-corrected chi connectivity index (χ1v) is 8.86. The van der Waals surface area contributed by atoms with E-state index in [4.69, 9.17) is 0 Å². The molecule has 2 aliphatic rings. The van der Waals surface area contributed by atoms with Gasteiger partial charge < -0.3 is 0 Å². The molecular formula is C20H22F3NO. The molecule has 0 spiro atoms. The van der Waals surface area contributed by atoms with Gasteiger partial charge in [-0.25, -0.2) is 13.2 Å². The predicted octanol–water partition coefficient (Wildman–Crippen LogP) is 5.79. The molecule has 5 heteroatoms. The Bertz CT molecular complexity index is 756. The highest BCUT2D eigenvalue weighted by Crippen LogP contribution is 2.44. The molecule has 1 aliphatic carbocycles. The molecule has 1 amide bonds. The third kappa shape index (κ3) is 3.12. The van der Waals surface area contributed by atoms with Gasteiger partial charge in [0.2, 0.25) is 0 Å². The van der Waals surface area contributed by atoms with Crippen LogP contribution in [0.15, 0.2) is 34.5 Å². The lowest BCUT2D eigenvalue weighted by molar-refractivity contribution is -0.114. The number of halogens is 3. The lowest BCUT2D eigenvalue weighted by atomic mass is 9.90. The van der Waals surface area contributed by atoms with Crippen molar-refractivity contribution < 1.29 is 18.0 Å². The highest BCUT2D eigenvalue weighted by Gasteiger charge is 2.40. The summed E-state index contributed by atoms with van der Waals surface area (Å²) in [6.07, 6.45) is 5.91. The molecule has 0 aromatic heterocycles. The molecule has 0 fully saturated rings. The van der Waals surface area contributed by atoms with Crippen LogP contribution >= 0.6 is 0 Å². The molecule has 0 unspecified atom stereocenters. The Hall–Kier alpha value is -2.04. The van der Waals surface area contributed by atoms with Crippen molar-refractivity contribution in [1.29, 1.82) is 0 Å². The van der Waals surface area contributed by atoms with E-state index in [0.717, 1.165) is 54.6 Å². The average Bonchev–Trinajstić information content (AvgIpc) is 2.85. The van der Waals surface area contributed by atoms with Crippen LogP contribution in [-0.2, 0) is 4.79 Å². The topological polar surface area (TPSA) is 20.3 Å². The molecule has 134 valence electrons. The first-order valence-electron chi connectivity index (χ1n) is 8.86. The lowest BCUT2D eigenvalue weighted by Gasteiger charge is -2.24. The standard InChI is InChI=1S/C20H22F3NO/c1-3-4-7-12(2)18-14-8-5-6-9-15(14)20(25)24(18)19-16(22)10-13(21)11-17(19)23/h10-11H,3-9H2,1-2H3/b18-12-. The fraction of sp³-hybridized carbons (Fsp3) is 0.450. The fourth-order valence-electron chi connectivity index (χ4n) is 3.74. The summed E-state index contributed by atoms with van der Waals surface area (Å²) in [5.74, 6) is -3.46. The van der Waals surface area contributed by atoms with Gasteiger partial charge in [0.05, 0.1) is 5.70 Å². The normalized spacial score (nSPS) is 19.6. The van der Waals surface area contributed by atoms with Crippen molar-refractivity contribution in [3.8, 4) is 0 Å². The fourth-order valence-corrected chi connectivity index (χ4v) is 3.74. The van der Waals surface area contributed by atoms with Crippen molar-refractivity contribution in [2.45, 2.75) is 58.8 Å². The van der Waals surface area contributed by atoms with Gasteiger partial charge in [-0.15, -0.1) is 0 Å². The van der Waals surface area contributed by atoms with Crippen LogP contribution in [-0.4, -0.2) is 5.91 Å². The molecule has 3 rings (SSSR count). The summed E-state index contributed by atoms with van der Waals surface area (Å²) < 4.78 is 42.1. The van der Waals surface area contributed by atoms with Crippen LogP contribution in [0.4, 0.5) is 18.9 Å². The van der Waals surface area contributed by atoms with E-state index < -0.39 is 23.1 Å². The summed E-state index contributed by atoms with van der Waals surface area (Å²) in [6, 6.07) is 1.25. The van der Waals surface area contributed by atoms with E-state index in [1.807, 2.05) is 6.92 Å². The molecule has 1 aromatic carbocycles. The van der Waals surface area contributed by atoms with Crippen molar-refractivity contribution >= 4 is 11.6 Å². The summed E-state index contributed by atoms with van der Waals surface area (Å²) in [5.41, 5.74) is 2.67. The molecule has 0 bridgehead atoms. The minimum absolute atomic E-state index is 0.370. The van der Waals surface area contributed by atoms with E-state index in [0.29, 0.717) is 29.8 Å². The Morgan fingerprint density at radius 2 is 1.68 bits per heavy atom. The molecular weight excluding hydrogens is 327 g/mol. The first kappa shape index (κ1) is 17.8. The summed E-state index contributed by atoms with van der Waals surface area (Å²) in [6.45, 7) is 3.98. The molecule has 1 aliphatic heterocycles. The van der Waals surface area contributed by atoms with Crippen LogP contribution in [0.5, 0.6) is 0 Å². The monoisotopic (exact) mass is 349 g/mol. The largest absolute Gasteiger partial charge is 0.271 e. The lowest BCUT2D eigenvalue weighted by Crippen LogP contribution is -2.28. The second kappa shape index (κ2) is 7.06. The van der Waals surface area contributed by atoms with E-state index in [9.17, 15) is 18.0 Å². The molecule has 0 radical (unpaired) electrons. The SMILES string of the molecule is CCCC/C(C)=C1/C2=C(CCCC2)C(=O)N1c1c(F)cc(F)cc1F. The van der Waals surface area contributed by atoms with Gasteiger partial charge >= 0.3 is 0 Å². The molecule has 0 saturated carbocycles. The van der Waals surface area contributed by atoms with Gasteiger partial charge in [-0.2, -0.15) is 0 Å². The second-order valence-corrected chi connectivity index (χ2v) is 6.76. The van der Waals surface area contributed by atoms with E-state index >= 15 is 0 Å². The van der Waals surface area contributed by atoms with Crippen LogP contribution < -0.4 is 4.90 Å². The molecule has 0 atom stereocenters. The summed E-state index contributed by atoms with van der Waals surface area (Å²) >= 11 is 0. The smallest absolute Gasteiger partial charge is 0.259 e. The molecule has 1 heterocycles. The zero-order valence-corrected chi connectivity index (χ0v) is 14.6. The Kier molecular flexibility index (Phi) is 5.02. The van der Waals surface area contributed by atoms with Gasteiger partial charge in [0, 0.05) is 17.7 Å². The number of nitrogens with zero attached hydrogens (tertiary/aromatic N) is 1. The van der Waals surface area contributed by atoms with E-state index in [-0.39, 0.29) is 5.91 Å². The van der Waals surface area contributed by atoms with Crippen LogP contribution in [0.2, 0.25) is 0 Å². The van der Waals surface area contributed by atoms with Crippen LogP contribution in [0, 0.1) is 17.5 Å². The number of benzene rings is 1. The van der Waals surface area contributed by atoms with Crippen molar-refractivity contribution in [2.75, 3.05) is 4.90 Å². The number of carbonyl (C=O) groups excluding carboxylic acids is 1. The highest BCUT2D eigenvalue weighted by atomic mass is 19.1. The second-order valence-electron chi connectivity index (χ2n) is 6.76. The summed E-state index contributed by atoms with van der Waals surface area (Å²) in [7, 11) is 0. The van der Waals surface area contributed by atoms with Gasteiger partial charge in [-0.1, -0.05) is 13.3 Å². The Labute approximate surface area is 146 Å². The summed E-state index contributed by atoms with van der Waals surface area (Å²) in [5, 5.41) is 0. The maximum Gasteiger partial charge on any atom is 0.259 e. The number of unbranched alkanes of at least 4 members (excludes halogenated alkanes) is 1. The first-order chi connectivity index (χ1) is 12.0. The van der Waals surface area contributed by atoms with Crippen LogP contribution in [0.1, 0.15) is 58.8 Å². The highest BCUT2D eigenvalue weighted by molar-refractivity contribution is 6.13. The number of anilines is 1. The number of hydrogen-bond acceptors (Lipinski definition) is 1. The van der Waals surface area contributed by atoms with E-state index in [1.165, 1.54) is 0 Å². The number of carbonyl (C=O) groups is 1. The van der Waals surface area contributed by atoms with Gasteiger partial charge in [0.15, 0.2) is 11.6 Å². The third-order valence-corrected chi connectivity index (χ3v) is 4.95. The predicted molar refractivity (Wildman–Crippen MR) is 91.5 cm³/mol. The van der Waals surface area contributed by atoms with E-state index in [2.05, 4.69) is 6.92 Å². The quantitative estimate of drug-likeness (QED) is 0.674. The molecule has 25 heavy (non-hydrogen) atoms. The number of hydrogen-bond donors (Lipinski definition) is 0. The Morgan fingerprint density at radius 1 is 1.08 bits per heavy atom. The van der Waals surface area contributed by atoms with Gasteiger partial charge in [-0.3, -0.25) is 9.69 Å². The van der Waals surface area contributed by atoms with E-state index in [1.54, 1.807) is 0 Å². The zero-order valence-electron chi connectivity index (χ0n) is 14.6. The van der Waals surface area contributed by atoms with Crippen LogP contribution in [0.25, 0.3) is 0 Å². The Morgan fingerprint density at radius 3 is 2.28 bits per heavy atom. The maximum absolute atomic E-state index is 14.4. The third-order valence-electron chi connectivity index (χ3n) is 4.95. The van der Waals surface area contributed by atoms with Crippen molar-refractivity contribution in [2.24, 2.45) is 0 Å². The minimum atomic E-state index is -1.05. The summed E-state index contributed by atoms with van der Waals surface area (Å²) in [4.78, 5) is 14.1. The van der Waals surface area contributed by atoms with Crippen molar-refractivity contribution in [3.63, 3.8) is 0 Å². The van der Waals surface area contributed by atoms with Gasteiger partial charge in [0.1, 0.15) is 11.5 Å².